The molecule has 1 amide bonds. The van der Waals surface area contributed by atoms with Crippen molar-refractivity contribution in [3.05, 3.63) is 0 Å². The van der Waals surface area contributed by atoms with Gasteiger partial charge >= 0.3 is 0 Å². The monoisotopic (exact) mass is 252 g/mol. The Labute approximate surface area is 111 Å². The second-order valence-corrected chi connectivity index (χ2v) is 6.35. The number of hydrogen-bond acceptors (Lipinski definition) is 2. The minimum atomic E-state index is 0.222. The Morgan fingerprint density at radius 2 is 1.78 bits per heavy atom. The number of amides is 1. The average molecular weight is 252 g/mol. The molecule has 2 aliphatic rings. The third-order valence-electron chi connectivity index (χ3n) is 4.94. The molecule has 0 aromatic rings. The van der Waals surface area contributed by atoms with Crippen molar-refractivity contribution >= 4 is 5.91 Å². The topological polar surface area (TPSA) is 55.1 Å². The van der Waals surface area contributed by atoms with E-state index in [1.807, 2.05) is 0 Å². The lowest BCUT2D eigenvalue weighted by Gasteiger charge is -2.29. The summed E-state index contributed by atoms with van der Waals surface area (Å²) in [5.74, 6) is 1.94. The van der Waals surface area contributed by atoms with E-state index in [1.54, 1.807) is 0 Å². The number of nitrogens with one attached hydrogen (secondary N) is 1. The van der Waals surface area contributed by atoms with Crippen LogP contribution in [0.5, 0.6) is 0 Å². The minimum Gasteiger partial charge on any atom is -0.352 e. The highest BCUT2D eigenvalue weighted by Gasteiger charge is 2.29. The predicted molar refractivity (Wildman–Crippen MR) is 74.1 cm³/mol. The van der Waals surface area contributed by atoms with E-state index in [0.717, 1.165) is 18.8 Å². The summed E-state index contributed by atoms with van der Waals surface area (Å²) in [4.78, 5) is 12.3. The van der Waals surface area contributed by atoms with Crippen molar-refractivity contribution in [2.75, 3.05) is 6.54 Å². The molecule has 0 aromatic carbocycles. The predicted octanol–water partition coefficient (Wildman–Crippen LogP) is 2.45. The highest BCUT2D eigenvalue weighted by Crippen LogP contribution is 2.30. The quantitative estimate of drug-likeness (QED) is 0.807. The Hall–Kier alpha value is -0.570. The fraction of sp³-hybridized carbons (Fsp3) is 0.933. The molecular formula is C15H28N2O. The average Bonchev–Trinajstić information content (AvgIpc) is 2.90. The largest absolute Gasteiger partial charge is 0.352 e. The number of rotatable bonds is 4. The minimum absolute atomic E-state index is 0.222. The van der Waals surface area contributed by atoms with Crippen LogP contribution in [0.15, 0.2) is 0 Å². The van der Waals surface area contributed by atoms with E-state index in [4.69, 9.17) is 5.73 Å². The smallest absolute Gasteiger partial charge is 0.223 e. The van der Waals surface area contributed by atoms with Gasteiger partial charge in [-0.1, -0.05) is 19.8 Å². The summed E-state index contributed by atoms with van der Waals surface area (Å²) in [5, 5.41) is 3.23. The van der Waals surface area contributed by atoms with E-state index in [-0.39, 0.29) is 17.9 Å². The van der Waals surface area contributed by atoms with Crippen LogP contribution < -0.4 is 11.1 Å². The van der Waals surface area contributed by atoms with E-state index in [1.165, 1.54) is 38.5 Å². The van der Waals surface area contributed by atoms with Crippen molar-refractivity contribution in [1.82, 2.24) is 5.32 Å². The highest BCUT2D eigenvalue weighted by molar-refractivity contribution is 5.79. The Morgan fingerprint density at radius 1 is 1.17 bits per heavy atom. The fourth-order valence-electron chi connectivity index (χ4n) is 3.55. The molecule has 0 aromatic heterocycles. The second kappa shape index (κ2) is 6.55. The summed E-state index contributed by atoms with van der Waals surface area (Å²) in [6, 6.07) is 0.222. The molecule has 1 atom stereocenters. The first-order valence-corrected chi connectivity index (χ1v) is 7.71. The molecule has 3 heteroatoms. The summed E-state index contributed by atoms with van der Waals surface area (Å²) in [5.41, 5.74) is 5.84. The maximum Gasteiger partial charge on any atom is 0.223 e. The van der Waals surface area contributed by atoms with Crippen LogP contribution in [-0.2, 0) is 4.79 Å². The van der Waals surface area contributed by atoms with E-state index >= 15 is 0 Å². The number of hydrogen-bond donors (Lipinski definition) is 2. The lowest BCUT2D eigenvalue weighted by atomic mass is 9.82. The SMILES string of the molecule is CC1CCC(C(=O)NC(CN)C2CCCC2)CC1. The molecule has 0 spiro atoms. The molecule has 0 aliphatic heterocycles. The van der Waals surface area contributed by atoms with Gasteiger partial charge in [-0.25, -0.2) is 0 Å². The summed E-state index contributed by atoms with van der Waals surface area (Å²) >= 11 is 0. The van der Waals surface area contributed by atoms with E-state index in [9.17, 15) is 4.79 Å². The summed E-state index contributed by atoms with van der Waals surface area (Å²) in [6.45, 7) is 2.88. The first kappa shape index (κ1) is 13.9. The van der Waals surface area contributed by atoms with Crippen molar-refractivity contribution in [2.24, 2.45) is 23.5 Å². The molecule has 0 bridgehead atoms. The molecule has 2 fully saturated rings. The van der Waals surface area contributed by atoms with E-state index in [2.05, 4.69) is 12.2 Å². The van der Waals surface area contributed by atoms with Crippen molar-refractivity contribution in [3.63, 3.8) is 0 Å². The lowest BCUT2D eigenvalue weighted by Crippen LogP contribution is -2.47. The highest BCUT2D eigenvalue weighted by atomic mass is 16.1. The van der Waals surface area contributed by atoms with E-state index in [0.29, 0.717) is 12.5 Å². The number of carbonyl (C=O) groups is 1. The van der Waals surface area contributed by atoms with Gasteiger partial charge in [0.2, 0.25) is 5.91 Å². The number of carbonyl (C=O) groups excluding carboxylic acids is 1. The molecule has 0 saturated heterocycles. The molecule has 3 nitrogen and oxygen atoms in total. The third-order valence-corrected chi connectivity index (χ3v) is 4.94. The lowest BCUT2D eigenvalue weighted by molar-refractivity contribution is -0.127. The molecule has 2 saturated carbocycles. The van der Waals surface area contributed by atoms with Gasteiger partial charge in [0.15, 0.2) is 0 Å². The third kappa shape index (κ3) is 3.47. The maximum absolute atomic E-state index is 12.3. The van der Waals surface area contributed by atoms with Crippen molar-refractivity contribution in [3.8, 4) is 0 Å². The standard InChI is InChI=1S/C15H28N2O/c1-11-6-8-13(9-7-11)15(18)17-14(10-16)12-4-2-3-5-12/h11-14H,2-10,16H2,1H3,(H,17,18). The van der Waals surface area contributed by atoms with Gasteiger partial charge in [-0.05, 0) is 50.4 Å². The summed E-state index contributed by atoms with van der Waals surface area (Å²) in [7, 11) is 0. The maximum atomic E-state index is 12.3. The number of nitrogens with two attached hydrogens (primary N) is 1. The van der Waals surface area contributed by atoms with Crippen molar-refractivity contribution in [1.29, 1.82) is 0 Å². The molecule has 18 heavy (non-hydrogen) atoms. The zero-order chi connectivity index (χ0) is 13.0. The van der Waals surface area contributed by atoms with Gasteiger partial charge in [0.05, 0.1) is 0 Å². The Morgan fingerprint density at radius 3 is 2.33 bits per heavy atom. The van der Waals surface area contributed by atoms with Gasteiger partial charge in [-0.15, -0.1) is 0 Å². The summed E-state index contributed by atoms with van der Waals surface area (Å²) in [6.07, 6.45) is 9.62. The Kier molecular flexibility index (Phi) is 5.04. The molecule has 0 heterocycles. The first-order chi connectivity index (χ1) is 8.70. The van der Waals surface area contributed by atoms with Gasteiger partial charge in [-0.3, -0.25) is 4.79 Å². The Bertz CT molecular complexity index is 266. The van der Waals surface area contributed by atoms with Crippen LogP contribution in [0.2, 0.25) is 0 Å². The molecular weight excluding hydrogens is 224 g/mol. The normalized spacial score (nSPS) is 31.2. The summed E-state index contributed by atoms with van der Waals surface area (Å²) < 4.78 is 0. The van der Waals surface area contributed by atoms with Gasteiger partial charge in [0, 0.05) is 18.5 Å². The molecule has 3 N–H and O–H groups in total. The van der Waals surface area contributed by atoms with Crippen LogP contribution in [0.4, 0.5) is 0 Å². The fourth-order valence-corrected chi connectivity index (χ4v) is 3.55. The zero-order valence-electron chi connectivity index (χ0n) is 11.7. The van der Waals surface area contributed by atoms with Crippen LogP contribution in [0.1, 0.15) is 58.3 Å². The molecule has 2 aliphatic carbocycles. The van der Waals surface area contributed by atoms with Gasteiger partial charge in [-0.2, -0.15) is 0 Å². The molecule has 1 unspecified atom stereocenters. The Balaban J connectivity index is 1.81. The molecule has 104 valence electrons. The van der Waals surface area contributed by atoms with E-state index < -0.39 is 0 Å². The molecule has 2 rings (SSSR count). The van der Waals surface area contributed by atoms with Crippen LogP contribution in [0, 0.1) is 17.8 Å². The van der Waals surface area contributed by atoms with Crippen LogP contribution >= 0.6 is 0 Å². The zero-order valence-corrected chi connectivity index (χ0v) is 11.7. The second-order valence-electron chi connectivity index (χ2n) is 6.35. The van der Waals surface area contributed by atoms with Crippen LogP contribution in [0.25, 0.3) is 0 Å². The van der Waals surface area contributed by atoms with Crippen LogP contribution in [0.3, 0.4) is 0 Å². The molecule has 0 radical (unpaired) electrons. The first-order valence-electron chi connectivity index (χ1n) is 7.71. The van der Waals surface area contributed by atoms with Gasteiger partial charge in [0.25, 0.3) is 0 Å². The van der Waals surface area contributed by atoms with Crippen molar-refractivity contribution < 1.29 is 4.79 Å². The van der Waals surface area contributed by atoms with Gasteiger partial charge in [0.1, 0.15) is 0 Å². The van der Waals surface area contributed by atoms with Crippen LogP contribution in [-0.4, -0.2) is 18.5 Å². The van der Waals surface area contributed by atoms with Gasteiger partial charge < -0.3 is 11.1 Å². The van der Waals surface area contributed by atoms with Crippen molar-refractivity contribution in [2.45, 2.75) is 64.3 Å².